The third-order valence-electron chi connectivity index (χ3n) is 2.50. The van der Waals surface area contributed by atoms with Crippen LogP contribution in [0.3, 0.4) is 0 Å². The second kappa shape index (κ2) is 8.10. The predicted octanol–water partition coefficient (Wildman–Crippen LogP) is 2.04. The topological polar surface area (TPSA) is 56.8 Å². The summed E-state index contributed by atoms with van der Waals surface area (Å²) in [6, 6.07) is -0.377. The molecule has 1 saturated heterocycles. The lowest BCUT2D eigenvalue weighted by molar-refractivity contribution is -0.148. The third kappa shape index (κ3) is 6.13. The molecule has 110 valence electrons. The molecule has 0 aromatic rings. The van der Waals surface area contributed by atoms with Crippen molar-refractivity contribution in [2.75, 3.05) is 6.61 Å². The first kappa shape index (κ1) is 16.8. The Hall–Kier alpha value is -0.290. The average Bonchev–Trinajstić information content (AvgIpc) is 2.63. The lowest BCUT2D eigenvalue weighted by Crippen LogP contribution is -2.32. The molecule has 5 nitrogen and oxygen atoms in total. The monoisotopic (exact) mass is 307 g/mol. The summed E-state index contributed by atoms with van der Waals surface area (Å²) in [5.41, 5.74) is 0. The number of thiol groups is 1. The zero-order chi connectivity index (χ0) is 14.4. The van der Waals surface area contributed by atoms with Gasteiger partial charge in [-0.15, -0.1) is 0 Å². The number of nitrogens with one attached hydrogen (secondary N) is 1. The van der Waals surface area contributed by atoms with E-state index >= 15 is 0 Å². The Balaban J connectivity index is 2.11. The summed E-state index contributed by atoms with van der Waals surface area (Å²) < 4.78 is 16.0. The summed E-state index contributed by atoms with van der Waals surface area (Å²) >= 11 is 4.33. The van der Waals surface area contributed by atoms with Crippen LogP contribution in [0, 0.1) is 0 Å². The van der Waals surface area contributed by atoms with Gasteiger partial charge in [0.15, 0.2) is 0 Å². The number of hydrogen-bond acceptors (Lipinski definition) is 6. The molecule has 0 saturated carbocycles. The molecule has 0 aliphatic carbocycles. The highest BCUT2D eigenvalue weighted by molar-refractivity contribution is 7.81. The van der Waals surface area contributed by atoms with Crippen LogP contribution < -0.4 is 5.09 Å². The maximum absolute atomic E-state index is 11.5. The molecule has 1 heterocycles. The van der Waals surface area contributed by atoms with Crippen molar-refractivity contribution in [2.45, 2.75) is 50.7 Å². The molecule has 0 spiro atoms. The number of carbonyl (C=O) groups is 1. The van der Waals surface area contributed by atoms with Gasteiger partial charge in [-0.1, -0.05) is 6.58 Å². The van der Waals surface area contributed by atoms with E-state index in [-0.39, 0.29) is 38.4 Å². The number of esters is 1. The Morgan fingerprint density at radius 3 is 2.84 bits per heavy atom. The predicted molar refractivity (Wildman–Crippen MR) is 79.5 cm³/mol. The van der Waals surface area contributed by atoms with Crippen LogP contribution in [0.25, 0.3) is 0 Å². The van der Waals surface area contributed by atoms with E-state index in [2.05, 4.69) is 24.3 Å². The van der Waals surface area contributed by atoms with Crippen molar-refractivity contribution in [3.8, 4) is 0 Å². The molecular formula is C12H22NO4PS. The normalized spacial score (nSPS) is 25.0. The molecule has 0 aromatic carbocycles. The first-order chi connectivity index (χ1) is 8.90. The van der Waals surface area contributed by atoms with Gasteiger partial charge in [0.2, 0.25) is 0 Å². The van der Waals surface area contributed by atoms with E-state index in [1.807, 2.05) is 13.8 Å². The highest BCUT2D eigenvalue weighted by Crippen LogP contribution is 2.27. The Morgan fingerprint density at radius 1 is 1.63 bits per heavy atom. The summed E-state index contributed by atoms with van der Waals surface area (Å²) in [6.45, 7) is 9.62. The molecule has 1 aliphatic rings. The van der Waals surface area contributed by atoms with Crippen LogP contribution in [0.4, 0.5) is 0 Å². The van der Waals surface area contributed by atoms with Gasteiger partial charge in [-0.05, 0) is 20.8 Å². The van der Waals surface area contributed by atoms with Crippen LogP contribution in [0.5, 0.6) is 0 Å². The van der Waals surface area contributed by atoms with Crippen LogP contribution in [0.2, 0.25) is 0 Å². The summed E-state index contributed by atoms with van der Waals surface area (Å²) in [5, 5.41) is 3.06. The quantitative estimate of drug-likeness (QED) is 0.326. The summed E-state index contributed by atoms with van der Waals surface area (Å²) in [5.74, 6) is 0.425. The van der Waals surface area contributed by atoms with Crippen molar-refractivity contribution in [1.29, 1.82) is 0 Å². The fraction of sp³-hybridized carbons (Fsp3) is 0.750. The van der Waals surface area contributed by atoms with Gasteiger partial charge in [-0.3, -0.25) is 9.88 Å². The molecule has 0 amide bonds. The molecule has 4 atom stereocenters. The second-order valence-electron chi connectivity index (χ2n) is 4.72. The van der Waals surface area contributed by atoms with Crippen molar-refractivity contribution < 1.29 is 18.8 Å². The van der Waals surface area contributed by atoms with Crippen molar-refractivity contribution in [1.82, 2.24) is 5.09 Å². The van der Waals surface area contributed by atoms with E-state index in [1.165, 1.54) is 0 Å². The van der Waals surface area contributed by atoms with Gasteiger partial charge in [0.1, 0.15) is 17.9 Å². The number of carbonyl (C=O) groups excluding carboxylic acids is 1. The Morgan fingerprint density at radius 2 is 2.32 bits per heavy atom. The van der Waals surface area contributed by atoms with Crippen molar-refractivity contribution >= 4 is 27.6 Å². The maximum Gasteiger partial charge on any atom is 0.323 e. The SMILES string of the molecule is C=C1O[C@H](COPN[C@@H](C)C(=O)OC(C)C)C[C@@H]1S. The lowest BCUT2D eigenvalue weighted by atomic mass is 10.2. The molecule has 1 unspecified atom stereocenters. The smallest absolute Gasteiger partial charge is 0.323 e. The van der Waals surface area contributed by atoms with Crippen LogP contribution >= 0.6 is 21.6 Å². The summed E-state index contributed by atoms with van der Waals surface area (Å²) in [4.78, 5) is 11.5. The van der Waals surface area contributed by atoms with Crippen LogP contribution in [0.1, 0.15) is 27.2 Å². The summed E-state index contributed by atoms with van der Waals surface area (Å²) in [7, 11) is 0.0274. The van der Waals surface area contributed by atoms with E-state index < -0.39 is 0 Å². The fourth-order valence-electron chi connectivity index (χ4n) is 1.48. The minimum atomic E-state index is -0.377. The molecule has 19 heavy (non-hydrogen) atoms. The largest absolute Gasteiger partial charge is 0.492 e. The van der Waals surface area contributed by atoms with Gasteiger partial charge in [-0.2, -0.15) is 12.6 Å². The highest BCUT2D eigenvalue weighted by Gasteiger charge is 2.27. The maximum atomic E-state index is 11.5. The molecule has 1 aliphatic heterocycles. The van der Waals surface area contributed by atoms with E-state index in [4.69, 9.17) is 14.0 Å². The lowest BCUT2D eigenvalue weighted by Gasteiger charge is -2.16. The first-order valence-corrected chi connectivity index (χ1v) is 7.69. The van der Waals surface area contributed by atoms with Gasteiger partial charge in [0, 0.05) is 6.42 Å². The van der Waals surface area contributed by atoms with Gasteiger partial charge in [0.25, 0.3) is 0 Å². The minimum absolute atomic E-state index is 0.00206. The molecule has 1 fully saturated rings. The third-order valence-corrected chi connectivity index (χ3v) is 3.86. The van der Waals surface area contributed by atoms with Crippen molar-refractivity contribution in [3.63, 3.8) is 0 Å². The molecular weight excluding hydrogens is 285 g/mol. The Kier molecular flexibility index (Phi) is 7.15. The highest BCUT2D eigenvalue weighted by atomic mass is 32.1. The van der Waals surface area contributed by atoms with Gasteiger partial charge in [-0.25, -0.2) is 0 Å². The van der Waals surface area contributed by atoms with Crippen LogP contribution in [-0.2, 0) is 18.8 Å². The Bertz CT molecular complexity index is 327. The van der Waals surface area contributed by atoms with Crippen LogP contribution in [-0.4, -0.2) is 36.1 Å². The fourth-order valence-corrected chi connectivity index (χ4v) is 2.42. The zero-order valence-corrected chi connectivity index (χ0v) is 13.4. The van der Waals surface area contributed by atoms with Crippen molar-refractivity contribution in [2.24, 2.45) is 0 Å². The number of hydrogen-bond donors (Lipinski definition) is 2. The van der Waals surface area contributed by atoms with Crippen LogP contribution in [0.15, 0.2) is 12.3 Å². The molecule has 7 heteroatoms. The first-order valence-electron chi connectivity index (χ1n) is 6.26. The minimum Gasteiger partial charge on any atom is -0.492 e. The second-order valence-corrected chi connectivity index (χ2v) is 6.13. The van der Waals surface area contributed by atoms with Gasteiger partial charge >= 0.3 is 5.97 Å². The van der Waals surface area contributed by atoms with Gasteiger partial charge in [0.05, 0.1) is 26.9 Å². The van der Waals surface area contributed by atoms with E-state index in [0.717, 1.165) is 6.42 Å². The molecule has 0 bridgehead atoms. The average molecular weight is 307 g/mol. The Labute approximate surface area is 121 Å². The van der Waals surface area contributed by atoms with Gasteiger partial charge < -0.3 is 14.0 Å². The van der Waals surface area contributed by atoms with E-state index in [1.54, 1.807) is 6.92 Å². The molecule has 0 aromatic heterocycles. The molecule has 1 N–H and O–H groups in total. The van der Waals surface area contributed by atoms with E-state index in [0.29, 0.717) is 12.4 Å². The summed E-state index contributed by atoms with van der Waals surface area (Å²) in [6.07, 6.45) is 0.700. The molecule has 0 radical (unpaired) electrons. The van der Waals surface area contributed by atoms with Crippen molar-refractivity contribution in [3.05, 3.63) is 12.3 Å². The zero-order valence-electron chi connectivity index (χ0n) is 11.5. The molecule has 1 rings (SSSR count). The number of ether oxygens (including phenoxy) is 2. The van der Waals surface area contributed by atoms with E-state index in [9.17, 15) is 4.79 Å². The standard InChI is InChI=1S/C12H22NO4PS/c1-7(2)16-12(14)8(3)13-18-15-6-10-5-11(19)9(4)17-10/h7-8,10-11,13,18-19H,4-6H2,1-3H3/t8-,10-,11-/m0/s1. The number of rotatable bonds is 7.